The standard InChI is InChI=1S/C22H31FN4O3/c1-17(2)14-27(22(29)24-19-8-5-7-18(23)13-19)16-21(28)26(11-12-30-4)15-20-9-6-10-25(20)3/h5-10,13,17H,11-12,14-16H2,1-4H3,(H,24,29). The second kappa shape index (κ2) is 11.3. The minimum Gasteiger partial charge on any atom is -0.383 e. The van der Waals surface area contributed by atoms with Crippen molar-refractivity contribution in [1.82, 2.24) is 14.4 Å². The molecule has 1 aromatic heterocycles. The lowest BCUT2D eigenvalue weighted by molar-refractivity contribution is -0.133. The van der Waals surface area contributed by atoms with Gasteiger partial charge < -0.3 is 24.4 Å². The molecular weight excluding hydrogens is 387 g/mol. The van der Waals surface area contributed by atoms with Crippen molar-refractivity contribution in [3.8, 4) is 0 Å². The summed E-state index contributed by atoms with van der Waals surface area (Å²) in [7, 11) is 3.51. The molecule has 164 valence electrons. The summed E-state index contributed by atoms with van der Waals surface area (Å²) in [5.41, 5.74) is 1.33. The molecule has 30 heavy (non-hydrogen) atoms. The molecule has 8 heteroatoms. The highest BCUT2D eigenvalue weighted by molar-refractivity contribution is 5.92. The van der Waals surface area contributed by atoms with Crippen molar-refractivity contribution in [2.45, 2.75) is 20.4 Å². The molecule has 1 aromatic carbocycles. The van der Waals surface area contributed by atoms with E-state index in [4.69, 9.17) is 4.74 Å². The Kier molecular flexibility index (Phi) is 8.86. The molecule has 3 amide bonds. The topological polar surface area (TPSA) is 66.8 Å². The third kappa shape index (κ3) is 7.18. The molecule has 1 N–H and O–H groups in total. The maximum Gasteiger partial charge on any atom is 0.322 e. The Bertz CT molecular complexity index is 837. The van der Waals surface area contributed by atoms with Gasteiger partial charge in [0.2, 0.25) is 5.91 Å². The Morgan fingerprint density at radius 3 is 2.57 bits per heavy atom. The van der Waals surface area contributed by atoms with Gasteiger partial charge in [-0.2, -0.15) is 0 Å². The van der Waals surface area contributed by atoms with Gasteiger partial charge in [0.05, 0.1) is 13.2 Å². The fourth-order valence-electron chi connectivity index (χ4n) is 3.04. The molecule has 0 aliphatic heterocycles. The van der Waals surface area contributed by atoms with Crippen LogP contribution in [0.2, 0.25) is 0 Å². The lowest BCUT2D eigenvalue weighted by atomic mass is 10.2. The highest BCUT2D eigenvalue weighted by Crippen LogP contribution is 2.12. The molecule has 0 fully saturated rings. The first-order chi connectivity index (χ1) is 14.3. The number of hydrogen-bond donors (Lipinski definition) is 1. The Morgan fingerprint density at radius 2 is 1.97 bits per heavy atom. The highest BCUT2D eigenvalue weighted by atomic mass is 19.1. The number of anilines is 1. The van der Waals surface area contributed by atoms with E-state index in [1.807, 2.05) is 43.8 Å². The van der Waals surface area contributed by atoms with Gasteiger partial charge in [-0.3, -0.25) is 4.79 Å². The number of urea groups is 1. The first kappa shape index (κ1) is 23.4. The van der Waals surface area contributed by atoms with E-state index < -0.39 is 11.8 Å². The molecular formula is C22H31FN4O3. The van der Waals surface area contributed by atoms with Crippen LogP contribution in [0.3, 0.4) is 0 Å². The maximum absolute atomic E-state index is 13.4. The Morgan fingerprint density at radius 1 is 1.20 bits per heavy atom. The predicted molar refractivity (Wildman–Crippen MR) is 115 cm³/mol. The lowest BCUT2D eigenvalue weighted by Gasteiger charge is -2.29. The lowest BCUT2D eigenvalue weighted by Crippen LogP contribution is -2.46. The van der Waals surface area contributed by atoms with Crippen molar-refractivity contribution in [3.63, 3.8) is 0 Å². The number of aromatic nitrogens is 1. The molecule has 0 aliphatic rings. The zero-order valence-electron chi connectivity index (χ0n) is 18.1. The second-order valence-electron chi connectivity index (χ2n) is 7.63. The fourth-order valence-corrected chi connectivity index (χ4v) is 3.04. The number of benzene rings is 1. The van der Waals surface area contributed by atoms with Crippen LogP contribution in [0.5, 0.6) is 0 Å². The summed E-state index contributed by atoms with van der Waals surface area (Å²) in [6.45, 7) is 5.51. The van der Waals surface area contributed by atoms with Gasteiger partial charge in [-0.15, -0.1) is 0 Å². The summed E-state index contributed by atoms with van der Waals surface area (Å²) in [6, 6.07) is 9.12. The number of nitrogens with zero attached hydrogens (tertiary/aromatic N) is 3. The molecule has 0 radical (unpaired) electrons. The number of aryl methyl sites for hydroxylation is 1. The Balaban J connectivity index is 2.11. The molecule has 2 rings (SSSR count). The largest absolute Gasteiger partial charge is 0.383 e. The van der Waals surface area contributed by atoms with Gasteiger partial charge >= 0.3 is 6.03 Å². The van der Waals surface area contributed by atoms with E-state index in [0.717, 1.165) is 5.69 Å². The van der Waals surface area contributed by atoms with Crippen molar-refractivity contribution in [2.75, 3.05) is 38.7 Å². The summed E-state index contributed by atoms with van der Waals surface area (Å²) >= 11 is 0. The minimum absolute atomic E-state index is 0.0759. The molecule has 0 bridgehead atoms. The summed E-state index contributed by atoms with van der Waals surface area (Å²) in [5, 5.41) is 2.68. The SMILES string of the molecule is COCCN(Cc1cccn1C)C(=O)CN(CC(C)C)C(=O)Nc1cccc(F)c1. The molecule has 0 spiro atoms. The number of carbonyl (C=O) groups is 2. The fraction of sp³-hybridized carbons (Fsp3) is 0.455. The maximum atomic E-state index is 13.4. The van der Waals surface area contributed by atoms with Gasteiger partial charge in [0, 0.05) is 44.8 Å². The molecule has 1 heterocycles. The summed E-state index contributed by atoms with van der Waals surface area (Å²) in [6.07, 6.45) is 1.92. The van der Waals surface area contributed by atoms with Gasteiger partial charge in [-0.1, -0.05) is 19.9 Å². The minimum atomic E-state index is -0.437. The molecule has 2 aromatic rings. The van der Waals surface area contributed by atoms with Gasteiger partial charge in [-0.25, -0.2) is 9.18 Å². The number of nitrogens with one attached hydrogen (secondary N) is 1. The van der Waals surface area contributed by atoms with E-state index in [1.165, 1.54) is 23.1 Å². The van der Waals surface area contributed by atoms with Crippen LogP contribution in [0.1, 0.15) is 19.5 Å². The van der Waals surface area contributed by atoms with Crippen LogP contribution in [0, 0.1) is 11.7 Å². The van der Waals surface area contributed by atoms with E-state index in [-0.39, 0.29) is 18.4 Å². The highest BCUT2D eigenvalue weighted by Gasteiger charge is 2.23. The second-order valence-corrected chi connectivity index (χ2v) is 7.63. The van der Waals surface area contributed by atoms with Gasteiger partial charge in [0.25, 0.3) is 0 Å². The van der Waals surface area contributed by atoms with E-state index in [0.29, 0.717) is 31.9 Å². The predicted octanol–water partition coefficient (Wildman–Crippen LogP) is 3.33. The van der Waals surface area contributed by atoms with Crippen LogP contribution < -0.4 is 5.32 Å². The van der Waals surface area contributed by atoms with Crippen molar-refractivity contribution in [2.24, 2.45) is 13.0 Å². The van der Waals surface area contributed by atoms with Crippen molar-refractivity contribution >= 4 is 17.6 Å². The van der Waals surface area contributed by atoms with E-state index in [9.17, 15) is 14.0 Å². The summed E-state index contributed by atoms with van der Waals surface area (Å²) < 4.78 is 20.5. The number of halogens is 1. The van der Waals surface area contributed by atoms with Crippen LogP contribution in [-0.4, -0.2) is 59.7 Å². The Hall–Kier alpha value is -2.87. The number of carbonyl (C=O) groups excluding carboxylic acids is 2. The zero-order valence-corrected chi connectivity index (χ0v) is 18.1. The quantitative estimate of drug-likeness (QED) is 0.644. The van der Waals surface area contributed by atoms with Crippen LogP contribution >= 0.6 is 0 Å². The van der Waals surface area contributed by atoms with Crippen LogP contribution in [0.4, 0.5) is 14.9 Å². The molecule has 7 nitrogen and oxygen atoms in total. The monoisotopic (exact) mass is 418 g/mol. The van der Waals surface area contributed by atoms with Crippen molar-refractivity contribution < 1.29 is 18.7 Å². The molecule has 0 saturated carbocycles. The average molecular weight is 419 g/mol. The number of amides is 3. The zero-order chi connectivity index (χ0) is 22.1. The van der Waals surface area contributed by atoms with E-state index >= 15 is 0 Å². The number of hydrogen-bond acceptors (Lipinski definition) is 3. The molecule has 0 atom stereocenters. The first-order valence-corrected chi connectivity index (χ1v) is 9.98. The van der Waals surface area contributed by atoms with Crippen LogP contribution in [0.15, 0.2) is 42.6 Å². The van der Waals surface area contributed by atoms with Crippen LogP contribution in [0.25, 0.3) is 0 Å². The van der Waals surface area contributed by atoms with Gasteiger partial charge in [0.1, 0.15) is 12.4 Å². The first-order valence-electron chi connectivity index (χ1n) is 9.98. The van der Waals surface area contributed by atoms with Crippen molar-refractivity contribution in [1.29, 1.82) is 0 Å². The Labute approximate surface area is 177 Å². The normalized spacial score (nSPS) is 10.9. The average Bonchev–Trinajstić information content (AvgIpc) is 3.08. The molecule has 0 unspecified atom stereocenters. The van der Waals surface area contributed by atoms with Crippen LogP contribution in [-0.2, 0) is 23.1 Å². The van der Waals surface area contributed by atoms with Crippen molar-refractivity contribution in [3.05, 3.63) is 54.1 Å². The number of ether oxygens (including phenoxy) is 1. The summed E-state index contributed by atoms with van der Waals surface area (Å²) in [5.74, 6) is -0.452. The molecule has 0 aliphatic carbocycles. The third-order valence-corrected chi connectivity index (χ3v) is 4.60. The molecule has 0 saturated heterocycles. The number of methoxy groups -OCH3 is 1. The third-order valence-electron chi connectivity index (χ3n) is 4.60. The summed E-state index contributed by atoms with van der Waals surface area (Å²) in [4.78, 5) is 29.0. The number of rotatable bonds is 10. The van der Waals surface area contributed by atoms with Gasteiger partial charge in [0.15, 0.2) is 0 Å². The van der Waals surface area contributed by atoms with E-state index in [2.05, 4.69) is 5.32 Å². The van der Waals surface area contributed by atoms with Gasteiger partial charge in [-0.05, 0) is 36.2 Å². The van der Waals surface area contributed by atoms with E-state index in [1.54, 1.807) is 18.1 Å². The smallest absolute Gasteiger partial charge is 0.322 e.